The maximum Gasteiger partial charge on any atom is 0.123 e. The van der Waals surface area contributed by atoms with Gasteiger partial charge in [0.25, 0.3) is 0 Å². The monoisotopic (exact) mass is 250 g/mol. The third-order valence-electron chi connectivity index (χ3n) is 3.91. The van der Waals surface area contributed by atoms with Crippen LogP contribution >= 0.6 is 0 Å². The highest BCUT2D eigenvalue weighted by Crippen LogP contribution is 2.24. The summed E-state index contributed by atoms with van der Waals surface area (Å²) in [5, 5.41) is 0. The lowest BCUT2D eigenvalue weighted by atomic mass is 9.93. The lowest BCUT2D eigenvalue weighted by molar-refractivity contribution is 0.122. The maximum atomic E-state index is 13.5. The summed E-state index contributed by atoms with van der Waals surface area (Å²) in [6.07, 6.45) is 2.47. The molecule has 0 spiro atoms. The Kier molecular flexibility index (Phi) is 4.36. The average molecular weight is 250 g/mol. The Bertz CT molecular complexity index is 405. The van der Waals surface area contributed by atoms with Gasteiger partial charge in [0.2, 0.25) is 0 Å². The zero-order chi connectivity index (χ0) is 13.1. The van der Waals surface area contributed by atoms with E-state index < -0.39 is 0 Å². The number of piperidine rings is 1. The first-order chi connectivity index (χ1) is 8.58. The first-order valence-corrected chi connectivity index (χ1v) is 6.81. The number of nitrogens with zero attached hydrogens (tertiary/aromatic N) is 1. The summed E-state index contributed by atoms with van der Waals surface area (Å²) in [6, 6.07) is 5.75. The molecule has 1 heterocycles. The lowest BCUT2D eigenvalue weighted by Crippen LogP contribution is -2.39. The SMILES string of the molecule is CC1CCN(Cc2cc(F)cc(CN)c2)C(C)C1. The summed E-state index contributed by atoms with van der Waals surface area (Å²) in [7, 11) is 0. The fourth-order valence-corrected chi connectivity index (χ4v) is 2.85. The van der Waals surface area contributed by atoms with Crippen LogP contribution < -0.4 is 5.73 Å². The minimum absolute atomic E-state index is 0.175. The van der Waals surface area contributed by atoms with E-state index in [1.54, 1.807) is 6.07 Å². The molecule has 2 nitrogen and oxygen atoms in total. The topological polar surface area (TPSA) is 29.3 Å². The molecule has 1 aromatic carbocycles. The van der Waals surface area contributed by atoms with Crippen LogP contribution in [0.3, 0.4) is 0 Å². The van der Waals surface area contributed by atoms with E-state index in [1.807, 2.05) is 6.07 Å². The van der Waals surface area contributed by atoms with E-state index in [-0.39, 0.29) is 5.82 Å². The fourth-order valence-electron chi connectivity index (χ4n) is 2.85. The number of halogens is 1. The summed E-state index contributed by atoms with van der Waals surface area (Å²) in [5.41, 5.74) is 7.50. The second-order valence-electron chi connectivity index (χ2n) is 5.62. The highest BCUT2D eigenvalue weighted by Gasteiger charge is 2.22. The van der Waals surface area contributed by atoms with Gasteiger partial charge in [0.15, 0.2) is 0 Å². The highest BCUT2D eigenvalue weighted by atomic mass is 19.1. The van der Waals surface area contributed by atoms with Gasteiger partial charge < -0.3 is 5.73 Å². The van der Waals surface area contributed by atoms with Gasteiger partial charge in [0, 0.05) is 19.1 Å². The third kappa shape index (κ3) is 3.30. The molecule has 2 unspecified atom stereocenters. The van der Waals surface area contributed by atoms with E-state index in [9.17, 15) is 4.39 Å². The van der Waals surface area contributed by atoms with Crippen LogP contribution in [0.5, 0.6) is 0 Å². The molecule has 100 valence electrons. The van der Waals surface area contributed by atoms with Crippen LogP contribution in [0.25, 0.3) is 0 Å². The van der Waals surface area contributed by atoms with E-state index in [0.717, 1.165) is 30.1 Å². The minimum atomic E-state index is -0.175. The van der Waals surface area contributed by atoms with Crippen molar-refractivity contribution in [2.24, 2.45) is 11.7 Å². The summed E-state index contributed by atoms with van der Waals surface area (Å²) < 4.78 is 13.5. The van der Waals surface area contributed by atoms with Gasteiger partial charge in [-0.3, -0.25) is 4.90 Å². The van der Waals surface area contributed by atoms with Crippen molar-refractivity contribution in [2.45, 2.75) is 45.8 Å². The number of likely N-dealkylation sites (tertiary alicyclic amines) is 1. The Balaban J connectivity index is 2.06. The van der Waals surface area contributed by atoms with Gasteiger partial charge >= 0.3 is 0 Å². The summed E-state index contributed by atoms with van der Waals surface area (Å²) in [6.45, 7) is 6.91. The largest absolute Gasteiger partial charge is 0.326 e. The number of hydrogen-bond acceptors (Lipinski definition) is 2. The number of hydrogen-bond donors (Lipinski definition) is 1. The Labute approximate surface area is 109 Å². The van der Waals surface area contributed by atoms with Crippen LogP contribution in [-0.2, 0) is 13.1 Å². The van der Waals surface area contributed by atoms with Crippen molar-refractivity contribution >= 4 is 0 Å². The van der Waals surface area contributed by atoms with Crippen molar-refractivity contribution in [3.63, 3.8) is 0 Å². The van der Waals surface area contributed by atoms with Gasteiger partial charge in [-0.05, 0) is 55.5 Å². The molecule has 1 aliphatic rings. The Hall–Kier alpha value is -0.930. The first kappa shape index (κ1) is 13.5. The molecule has 0 radical (unpaired) electrons. The van der Waals surface area contributed by atoms with E-state index in [1.165, 1.54) is 18.9 Å². The van der Waals surface area contributed by atoms with Crippen LogP contribution in [0.1, 0.15) is 37.8 Å². The molecule has 0 aliphatic carbocycles. The first-order valence-electron chi connectivity index (χ1n) is 6.81. The molecule has 1 saturated heterocycles. The molecule has 3 heteroatoms. The molecular formula is C15H23FN2. The zero-order valence-electron chi connectivity index (χ0n) is 11.3. The molecule has 0 bridgehead atoms. The van der Waals surface area contributed by atoms with Crippen molar-refractivity contribution in [3.8, 4) is 0 Å². The number of nitrogens with two attached hydrogens (primary N) is 1. The standard InChI is InChI=1S/C15H23FN2/c1-11-3-4-18(12(2)5-11)10-14-6-13(9-17)7-15(16)8-14/h6-8,11-12H,3-5,9-10,17H2,1-2H3. The van der Waals surface area contributed by atoms with Gasteiger partial charge in [0.1, 0.15) is 5.82 Å². The molecule has 1 aliphatic heterocycles. The van der Waals surface area contributed by atoms with Crippen LogP contribution in [0, 0.1) is 11.7 Å². The van der Waals surface area contributed by atoms with Crippen molar-refractivity contribution in [2.75, 3.05) is 6.54 Å². The molecular weight excluding hydrogens is 227 g/mol. The zero-order valence-corrected chi connectivity index (χ0v) is 11.3. The van der Waals surface area contributed by atoms with Gasteiger partial charge in [-0.2, -0.15) is 0 Å². The molecule has 18 heavy (non-hydrogen) atoms. The smallest absolute Gasteiger partial charge is 0.123 e. The van der Waals surface area contributed by atoms with E-state index in [0.29, 0.717) is 12.6 Å². The van der Waals surface area contributed by atoms with Gasteiger partial charge in [-0.25, -0.2) is 4.39 Å². The second kappa shape index (κ2) is 5.81. The van der Waals surface area contributed by atoms with Crippen LogP contribution in [0.15, 0.2) is 18.2 Å². The summed E-state index contributed by atoms with van der Waals surface area (Å²) in [4.78, 5) is 2.44. The molecule has 0 aromatic heterocycles. The average Bonchev–Trinajstić information content (AvgIpc) is 2.32. The summed E-state index contributed by atoms with van der Waals surface area (Å²) in [5.74, 6) is 0.634. The Morgan fingerprint density at radius 2 is 2.00 bits per heavy atom. The Morgan fingerprint density at radius 3 is 2.67 bits per heavy atom. The van der Waals surface area contributed by atoms with Crippen LogP contribution in [0.2, 0.25) is 0 Å². The quantitative estimate of drug-likeness (QED) is 0.893. The fraction of sp³-hybridized carbons (Fsp3) is 0.600. The van der Waals surface area contributed by atoms with Crippen molar-refractivity contribution in [1.29, 1.82) is 0 Å². The van der Waals surface area contributed by atoms with Crippen LogP contribution in [-0.4, -0.2) is 17.5 Å². The third-order valence-corrected chi connectivity index (χ3v) is 3.91. The van der Waals surface area contributed by atoms with Gasteiger partial charge in [-0.15, -0.1) is 0 Å². The van der Waals surface area contributed by atoms with E-state index >= 15 is 0 Å². The number of benzene rings is 1. The predicted octanol–water partition coefficient (Wildman–Crippen LogP) is 2.90. The molecule has 2 rings (SSSR count). The molecule has 2 N–H and O–H groups in total. The normalized spacial score (nSPS) is 25.3. The molecule has 2 atom stereocenters. The lowest BCUT2D eigenvalue weighted by Gasteiger charge is -2.36. The number of rotatable bonds is 3. The van der Waals surface area contributed by atoms with Crippen molar-refractivity contribution < 1.29 is 4.39 Å². The van der Waals surface area contributed by atoms with E-state index in [4.69, 9.17) is 5.73 Å². The van der Waals surface area contributed by atoms with Gasteiger partial charge in [-0.1, -0.05) is 13.0 Å². The highest BCUT2D eigenvalue weighted by molar-refractivity contribution is 5.24. The van der Waals surface area contributed by atoms with Crippen LogP contribution in [0.4, 0.5) is 4.39 Å². The maximum absolute atomic E-state index is 13.5. The van der Waals surface area contributed by atoms with Crippen molar-refractivity contribution in [1.82, 2.24) is 4.90 Å². The molecule has 0 amide bonds. The second-order valence-corrected chi connectivity index (χ2v) is 5.62. The Morgan fingerprint density at radius 1 is 1.28 bits per heavy atom. The minimum Gasteiger partial charge on any atom is -0.326 e. The van der Waals surface area contributed by atoms with Gasteiger partial charge in [0.05, 0.1) is 0 Å². The van der Waals surface area contributed by atoms with Crippen molar-refractivity contribution in [3.05, 3.63) is 35.1 Å². The molecule has 1 aromatic rings. The predicted molar refractivity (Wildman–Crippen MR) is 72.6 cm³/mol. The molecule has 0 saturated carbocycles. The molecule has 1 fully saturated rings. The van der Waals surface area contributed by atoms with E-state index in [2.05, 4.69) is 18.7 Å². The summed E-state index contributed by atoms with van der Waals surface area (Å²) >= 11 is 0.